The maximum Gasteiger partial charge on any atom is 0.186 e. The lowest BCUT2D eigenvalue weighted by Crippen LogP contribution is -2.61. The summed E-state index contributed by atoms with van der Waals surface area (Å²) in [5.74, 6) is 0.670. The summed E-state index contributed by atoms with van der Waals surface area (Å²) < 4.78 is 11.5. The number of ether oxygens (including phenoxy) is 2. The predicted octanol–water partition coefficient (Wildman–Crippen LogP) is 1.91. The Morgan fingerprint density at radius 3 is 2.48 bits per heavy atom. The van der Waals surface area contributed by atoms with Gasteiger partial charge in [0.2, 0.25) is 0 Å². The molecule has 1 heterocycles. The van der Waals surface area contributed by atoms with Crippen molar-refractivity contribution in [3.63, 3.8) is 0 Å². The van der Waals surface area contributed by atoms with E-state index < -0.39 is 48.8 Å². The van der Waals surface area contributed by atoms with Crippen LogP contribution in [0.4, 0.5) is 0 Å². The molecule has 0 bridgehead atoms. The number of hydrogen-bond acceptors (Lipinski definition) is 7. The Labute approximate surface area is 197 Å². The van der Waals surface area contributed by atoms with Crippen LogP contribution < -0.4 is 0 Å². The minimum absolute atomic E-state index is 0.0410. The van der Waals surface area contributed by atoms with Crippen LogP contribution in [0.3, 0.4) is 0 Å². The predicted molar refractivity (Wildman–Crippen MR) is 123 cm³/mol. The van der Waals surface area contributed by atoms with E-state index in [1.54, 1.807) is 0 Å². The average molecular weight is 467 g/mol. The molecule has 1 saturated heterocycles. The van der Waals surface area contributed by atoms with Gasteiger partial charge in [0, 0.05) is 5.41 Å². The Morgan fingerprint density at radius 2 is 1.82 bits per heavy atom. The molecule has 0 aromatic heterocycles. The van der Waals surface area contributed by atoms with Crippen molar-refractivity contribution in [3.8, 4) is 0 Å². The SMILES string of the molecule is C=C[C@@]1(C)CC[C@H]2C(=CC[C@@H]3[C@]2(C)CC[C@H](O)[C@]3(C)CO[C@H]2O[C@H](CO)[C@@H](O)[C@H](O)[C@H]2O)C1. The Hall–Kier alpha value is -0.800. The lowest BCUT2D eigenvalue weighted by molar-refractivity contribution is -0.312. The number of hydrogen-bond donors (Lipinski definition) is 5. The number of rotatable bonds is 5. The van der Waals surface area contributed by atoms with E-state index >= 15 is 0 Å². The van der Waals surface area contributed by atoms with Crippen LogP contribution in [-0.2, 0) is 9.47 Å². The average Bonchev–Trinajstić information content (AvgIpc) is 2.80. The normalized spacial score (nSPS) is 52.4. The van der Waals surface area contributed by atoms with Gasteiger partial charge in [-0.2, -0.15) is 0 Å². The largest absolute Gasteiger partial charge is 0.394 e. The molecular formula is C26H42O7. The van der Waals surface area contributed by atoms with Crippen LogP contribution in [-0.4, -0.2) is 75.6 Å². The second kappa shape index (κ2) is 9.01. The van der Waals surface area contributed by atoms with Crippen molar-refractivity contribution in [1.29, 1.82) is 0 Å². The van der Waals surface area contributed by atoms with Crippen molar-refractivity contribution in [2.75, 3.05) is 13.2 Å². The summed E-state index contributed by atoms with van der Waals surface area (Å²) in [7, 11) is 0. The smallest absolute Gasteiger partial charge is 0.186 e. The highest BCUT2D eigenvalue weighted by molar-refractivity contribution is 5.25. The van der Waals surface area contributed by atoms with Gasteiger partial charge in [0.1, 0.15) is 24.4 Å². The molecule has 0 radical (unpaired) electrons. The molecule has 0 aromatic carbocycles. The molecule has 1 aliphatic heterocycles. The molecule has 3 aliphatic carbocycles. The molecule has 0 amide bonds. The molecule has 7 nitrogen and oxygen atoms in total. The van der Waals surface area contributed by atoms with Gasteiger partial charge in [-0.25, -0.2) is 0 Å². The quantitative estimate of drug-likeness (QED) is 0.393. The lowest BCUT2D eigenvalue weighted by Gasteiger charge is -2.61. The van der Waals surface area contributed by atoms with E-state index in [4.69, 9.17) is 9.47 Å². The minimum atomic E-state index is -1.48. The van der Waals surface area contributed by atoms with Gasteiger partial charge in [0.05, 0.1) is 19.3 Å². The van der Waals surface area contributed by atoms with Crippen molar-refractivity contribution in [2.45, 2.75) is 96.1 Å². The molecule has 0 aromatic rings. The van der Waals surface area contributed by atoms with E-state index in [2.05, 4.69) is 39.5 Å². The first-order chi connectivity index (χ1) is 15.5. The molecule has 0 unspecified atom stereocenters. The zero-order valence-electron chi connectivity index (χ0n) is 20.2. The Kier molecular flexibility index (Phi) is 6.91. The van der Waals surface area contributed by atoms with E-state index in [0.717, 1.165) is 32.1 Å². The Morgan fingerprint density at radius 1 is 1.09 bits per heavy atom. The van der Waals surface area contributed by atoms with Gasteiger partial charge in [0.15, 0.2) is 6.29 Å². The van der Waals surface area contributed by atoms with Crippen LogP contribution in [0.1, 0.15) is 59.3 Å². The molecule has 11 atom stereocenters. The van der Waals surface area contributed by atoms with Gasteiger partial charge in [-0.15, -0.1) is 6.58 Å². The van der Waals surface area contributed by atoms with Crippen LogP contribution in [0, 0.1) is 28.1 Å². The van der Waals surface area contributed by atoms with Crippen LogP contribution in [0.5, 0.6) is 0 Å². The maximum atomic E-state index is 11.1. The first-order valence-electron chi connectivity index (χ1n) is 12.4. The molecule has 188 valence electrons. The fourth-order valence-corrected chi connectivity index (χ4v) is 7.30. The molecule has 7 heteroatoms. The van der Waals surface area contributed by atoms with Gasteiger partial charge in [0.25, 0.3) is 0 Å². The maximum absolute atomic E-state index is 11.1. The molecule has 4 aliphatic rings. The summed E-state index contributed by atoms with van der Waals surface area (Å²) in [4.78, 5) is 0. The van der Waals surface area contributed by atoms with Crippen LogP contribution in [0.2, 0.25) is 0 Å². The second-order valence-electron chi connectivity index (χ2n) is 11.8. The summed E-state index contributed by atoms with van der Waals surface area (Å²) in [5.41, 5.74) is 1.15. The molecule has 5 N–H and O–H groups in total. The zero-order valence-corrected chi connectivity index (χ0v) is 20.2. The minimum Gasteiger partial charge on any atom is -0.394 e. The monoisotopic (exact) mass is 466 g/mol. The van der Waals surface area contributed by atoms with Crippen molar-refractivity contribution in [3.05, 3.63) is 24.3 Å². The second-order valence-corrected chi connectivity index (χ2v) is 11.8. The Balaban J connectivity index is 1.54. The summed E-state index contributed by atoms with van der Waals surface area (Å²) in [6.07, 6.45) is 3.17. The molecule has 0 spiro atoms. The summed E-state index contributed by atoms with van der Waals surface area (Å²) in [5, 5.41) is 51.1. The van der Waals surface area contributed by atoms with E-state index in [-0.39, 0.29) is 23.4 Å². The van der Waals surface area contributed by atoms with E-state index in [1.807, 2.05) is 0 Å². The van der Waals surface area contributed by atoms with Crippen molar-refractivity contribution < 1.29 is 35.0 Å². The third-order valence-electron chi connectivity index (χ3n) is 9.68. The summed E-state index contributed by atoms with van der Waals surface area (Å²) >= 11 is 0. The Bertz CT molecular complexity index is 768. The van der Waals surface area contributed by atoms with E-state index in [1.165, 1.54) is 5.57 Å². The summed E-state index contributed by atoms with van der Waals surface area (Å²) in [6.45, 7) is 10.4. The molecule has 3 fully saturated rings. The molecular weight excluding hydrogens is 424 g/mol. The third kappa shape index (κ3) is 4.14. The summed E-state index contributed by atoms with van der Waals surface area (Å²) in [6, 6.07) is 0. The van der Waals surface area contributed by atoms with E-state index in [0.29, 0.717) is 12.3 Å². The van der Waals surface area contributed by atoms with E-state index in [9.17, 15) is 25.5 Å². The topological polar surface area (TPSA) is 120 Å². The van der Waals surface area contributed by atoms with Gasteiger partial charge >= 0.3 is 0 Å². The molecule has 4 rings (SSSR count). The fourth-order valence-electron chi connectivity index (χ4n) is 7.30. The number of aliphatic hydroxyl groups excluding tert-OH is 5. The number of allylic oxidation sites excluding steroid dienone is 3. The number of fused-ring (bicyclic) bond motifs is 3. The first kappa shape index (κ1) is 25.3. The first-order valence-corrected chi connectivity index (χ1v) is 12.4. The van der Waals surface area contributed by atoms with Gasteiger partial charge in [-0.1, -0.05) is 38.5 Å². The zero-order chi connectivity index (χ0) is 24.2. The highest BCUT2D eigenvalue weighted by Gasteiger charge is 2.59. The highest BCUT2D eigenvalue weighted by atomic mass is 16.7. The van der Waals surface area contributed by atoms with Crippen LogP contribution in [0.15, 0.2) is 24.3 Å². The third-order valence-corrected chi connectivity index (χ3v) is 9.68. The van der Waals surface area contributed by atoms with Gasteiger partial charge in [-0.3, -0.25) is 0 Å². The lowest BCUT2D eigenvalue weighted by atomic mass is 9.45. The standard InChI is InChI=1S/C26H42O7/c1-5-24(2)10-8-16-15(12-24)6-7-18-25(16,3)11-9-19(28)26(18,4)14-32-23-22(31)21(30)20(29)17(13-27)33-23/h5-6,16-23,27-31H,1,7-14H2,2-4H3/t16-,17+,18+,19-,20+,21-,22+,23-,24-,25+,26+/m0/s1. The number of aliphatic hydroxyl groups is 5. The van der Waals surface area contributed by atoms with Gasteiger partial charge < -0.3 is 35.0 Å². The van der Waals surface area contributed by atoms with Crippen molar-refractivity contribution in [1.82, 2.24) is 0 Å². The van der Waals surface area contributed by atoms with Gasteiger partial charge in [-0.05, 0) is 61.2 Å². The van der Waals surface area contributed by atoms with Crippen LogP contribution in [0.25, 0.3) is 0 Å². The highest BCUT2D eigenvalue weighted by Crippen LogP contribution is 2.63. The van der Waals surface area contributed by atoms with Crippen LogP contribution >= 0.6 is 0 Å². The van der Waals surface area contributed by atoms with Crippen molar-refractivity contribution >= 4 is 0 Å². The molecule has 2 saturated carbocycles. The molecule has 33 heavy (non-hydrogen) atoms. The fraction of sp³-hybridized carbons (Fsp3) is 0.846. The van der Waals surface area contributed by atoms with Crippen molar-refractivity contribution in [2.24, 2.45) is 28.1 Å².